The lowest BCUT2D eigenvalue weighted by molar-refractivity contribution is -0.148. The van der Waals surface area contributed by atoms with Crippen molar-refractivity contribution < 1.29 is 31.8 Å². The number of nitrogens with zero attached hydrogens (tertiary/aromatic N) is 1. The van der Waals surface area contributed by atoms with Crippen LogP contribution >= 0.6 is 0 Å². The Balaban J connectivity index is 1.50. The summed E-state index contributed by atoms with van der Waals surface area (Å²) >= 11 is 0. The molecule has 0 aromatic heterocycles. The lowest BCUT2D eigenvalue weighted by atomic mass is 9.96. The van der Waals surface area contributed by atoms with Crippen molar-refractivity contribution in [3.63, 3.8) is 0 Å². The predicted octanol–water partition coefficient (Wildman–Crippen LogP) is 5.71. The van der Waals surface area contributed by atoms with Crippen LogP contribution in [-0.2, 0) is 4.79 Å². The first-order chi connectivity index (χ1) is 15.1. The molecular weight excluding hydrogens is 426 g/mol. The molecule has 1 aliphatic heterocycles. The van der Waals surface area contributed by atoms with Gasteiger partial charge in [0.1, 0.15) is 23.4 Å². The Kier molecular flexibility index (Phi) is 7.64. The smallest absolute Gasteiger partial charge is 0.340 e. The van der Waals surface area contributed by atoms with E-state index in [2.05, 4.69) is 4.90 Å². The van der Waals surface area contributed by atoms with Gasteiger partial charge in [-0.2, -0.15) is 8.78 Å². The van der Waals surface area contributed by atoms with Crippen LogP contribution in [-0.4, -0.2) is 43.9 Å². The number of hydrogen-bond acceptors (Lipinski definition) is 4. The number of ketones is 1. The largest absolute Gasteiger partial charge is 0.489 e. The van der Waals surface area contributed by atoms with Crippen molar-refractivity contribution in [2.45, 2.75) is 51.1 Å². The Morgan fingerprint density at radius 1 is 1.09 bits per heavy atom. The molecule has 0 spiro atoms. The summed E-state index contributed by atoms with van der Waals surface area (Å²) in [5.41, 5.74) is 1.96. The molecule has 1 unspecified atom stereocenters. The molecule has 174 valence electrons. The second kappa shape index (κ2) is 10.2. The third-order valence-electron chi connectivity index (χ3n) is 5.44. The highest BCUT2D eigenvalue weighted by Crippen LogP contribution is 2.28. The molecule has 2 aromatic rings. The highest BCUT2D eigenvalue weighted by molar-refractivity contribution is 5.76. The number of anilines is 1. The zero-order valence-electron chi connectivity index (χ0n) is 18.1. The molecule has 1 heterocycles. The van der Waals surface area contributed by atoms with Crippen molar-refractivity contribution in [2.75, 3.05) is 24.6 Å². The van der Waals surface area contributed by atoms with Crippen molar-refractivity contribution in [3.8, 4) is 11.5 Å². The molecule has 0 radical (unpaired) electrons. The summed E-state index contributed by atoms with van der Waals surface area (Å²) in [6.07, 6.45) is -2.43. The van der Waals surface area contributed by atoms with Gasteiger partial charge in [0.25, 0.3) is 0 Å². The number of carbonyl (C=O) groups excluding carboxylic acids is 1. The van der Waals surface area contributed by atoms with Crippen LogP contribution in [0, 0.1) is 0 Å². The van der Waals surface area contributed by atoms with Gasteiger partial charge in [0, 0.05) is 25.1 Å². The molecule has 1 aliphatic rings. The fourth-order valence-corrected chi connectivity index (χ4v) is 3.67. The van der Waals surface area contributed by atoms with Crippen LogP contribution in [0.5, 0.6) is 11.5 Å². The van der Waals surface area contributed by atoms with Crippen molar-refractivity contribution in [1.29, 1.82) is 0 Å². The Hall–Kier alpha value is -2.77. The van der Waals surface area contributed by atoms with Crippen LogP contribution in [0.2, 0.25) is 0 Å². The number of alkyl halides is 4. The molecule has 1 fully saturated rings. The number of rotatable bonds is 10. The van der Waals surface area contributed by atoms with Gasteiger partial charge in [0.2, 0.25) is 0 Å². The van der Waals surface area contributed by atoms with Crippen molar-refractivity contribution in [1.82, 2.24) is 0 Å². The molecule has 0 amide bonds. The summed E-state index contributed by atoms with van der Waals surface area (Å²) in [5.74, 6) is -2.98. The minimum atomic E-state index is -4.18. The fraction of sp³-hybridized carbons (Fsp3) is 0.458. The van der Waals surface area contributed by atoms with E-state index in [4.69, 9.17) is 9.47 Å². The van der Waals surface area contributed by atoms with Crippen LogP contribution < -0.4 is 14.4 Å². The standard InChI is InChI=1S/C24H27F4NO3/c1-16(13-17(2)30)18-3-7-21(8-4-18)32-22-11-12-29(14-22)19-5-9-20(10-6-19)31-15-24(27,28)23(25)26/h3-10,16,22-23H,11-15H2,1-2H3/t16-,22?/m1/s1. The Morgan fingerprint density at radius 3 is 2.31 bits per heavy atom. The number of carbonyl (C=O) groups is 1. The minimum Gasteiger partial charge on any atom is -0.489 e. The lowest BCUT2D eigenvalue weighted by Gasteiger charge is -2.20. The zero-order valence-corrected chi connectivity index (χ0v) is 18.1. The van der Waals surface area contributed by atoms with E-state index in [0.717, 1.165) is 30.0 Å². The third-order valence-corrected chi connectivity index (χ3v) is 5.44. The zero-order chi connectivity index (χ0) is 23.3. The highest BCUT2D eigenvalue weighted by Gasteiger charge is 2.41. The van der Waals surface area contributed by atoms with Gasteiger partial charge in [-0.05, 0) is 54.8 Å². The monoisotopic (exact) mass is 453 g/mol. The first kappa shape index (κ1) is 23.9. The van der Waals surface area contributed by atoms with Crippen LogP contribution in [0.4, 0.5) is 23.2 Å². The molecule has 32 heavy (non-hydrogen) atoms. The summed E-state index contributed by atoms with van der Waals surface area (Å²) < 4.78 is 61.3. The molecule has 0 aliphatic carbocycles. The van der Waals surface area contributed by atoms with Gasteiger partial charge < -0.3 is 19.2 Å². The van der Waals surface area contributed by atoms with Gasteiger partial charge >= 0.3 is 12.3 Å². The summed E-state index contributed by atoms with van der Waals surface area (Å²) in [6.45, 7) is 3.67. The molecule has 0 bridgehead atoms. The molecule has 8 heteroatoms. The molecule has 1 saturated heterocycles. The molecule has 4 nitrogen and oxygen atoms in total. The number of Topliss-reactive ketones (excluding diaryl/α,β-unsaturated/α-hetero) is 1. The highest BCUT2D eigenvalue weighted by atomic mass is 19.3. The predicted molar refractivity (Wildman–Crippen MR) is 114 cm³/mol. The van der Waals surface area contributed by atoms with Crippen molar-refractivity contribution in [2.24, 2.45) is 0 Å². The Bertz CT molecular complexity index is 887. The normalized spacial score (nSPS) is 17.5. The minimum absolute atomic E-state index is 0.00356. The first-order valence-corrected chi connectivity index (χ1v) is 10.5. The van der Waals surface area contributed by atoms with E-state index in [9.17, 15) is 22.4 Å². The summed E-state index contributed by atoms with van der Waals surface area (Å²) in [7, 11) is 0. The van der Waals surface area contributed by atoms with E-state index in [0.29, 0.717) is 13.0 Å². The van der Waals surface area contributed by atoms with E-state index in [-0.39, 0.29) is 23.6 Å². The average Bonchev–Trinajstić information content (AvgIpc) is 3.21. The number of benzene rings is 2. The molecular formula is C24H27F4NO3. The summed E-state index contributed by atoms with van der Waals surface area (Å²) in [5, 5.41) is 0. The van der Waals surface area contributed by atoms with Gasteiger partial charge in [-0.25, -0.2) is 8.78 Å². The maximum Gasteiger partial charge on any atom is 0.340 e. The number of ether oxygens (including phenoxy) is 2. The van der Waals surface area contributed by atoms with Crippen molar-refractivity contribution in [3.05, 3.63) is 54.1 Å². The van der Waals surface area contributed by atoms with Crippen LogP contribution in [0.3, 0.4) is 0 Å². The van der Waals surface area contributed by atoms with E-state index in [1.807, 2.05) is 31.2 Å². The van der Waals surface area contributed by atoms with Gasteiger partial charge in [-0.1, -0.05) is 19.1 Å². The topological polar surface area (TPSA) is 38.8 Å². The van der Waals surface area contributed by atoms with Crippen LogP contribution in [0.25, 0.3) is 0 Å². The van der Waals surface area contributed by atoms with Crippen LogP contribution in [0.1, 0.15) is 38.2 Å². The summed E-state index contributed by atoms with van der Waals surface area (Å²) in [6, 6.07) is 14.2. The molecule has 2 atom stereocenters. The Labute approximate surface area is 185 Å². The van der Waals surface area contributed by atoms with Gasteiger partial charge in [-0.15, -0.1) is 0 Å². The van der Waals surface area contributed by atoms with Crippen molar-refractivity contribution >= 4 is 11.5 Å². The van der Waals surface area contributed by atoms with Gasteiger partial charge in [-0.3, -0.25) is 0 Å². The van der Waals surface area contributed by atoms with E-state index >= 15 is 0 Å². The van der Waals surface area contributed by atoms with Gasteiger partial charge in [0.15, 0.2) is 6.61 Å². The van der Waals surface area contributed by atoms with E-state index in [1.54, 1.807) is 19.1 Å². The second-order valence-electron chi connectivity index (χ2n) is 8.20. The molecule has 3 rings (SSSR count). The first-order valence-electron chi connectivity index (χ1n) is 10.5. The van der Waals surface area contributed by atoms with E-state index in [1.165, 1.54) is 12.1 Å². The van der Waals surface area contributed by atoms with E-state index < -0.39 is 19.0 Å². The fourth-order valence-electron chi connectivity index (χ4n) is 3.67. The molecule has 0 N–H and O–H groups in total. The van der Waals surface area contributed by atoms with Crippen LogP contribution in [0.15, 0.2) is 48.5 Å². The maximum atomic E-state index is 13.0. The molecule has 0 saturated carbocycles. The Morgan fingerprint density at radius 2 is 1.72 bits per heavy atom. The van der Waals surface area contributed by atoms with Gasteiger partial charge in [0.05, 0.1) is 6.54 Å². The average molecular weight is 453 g/mol. The lowest BCUT2D eigenvalue weighted by Crippen LogP contribution is -2.33. The quantitative estimate of drug-likeness (QED) is 0.432. The summed E-state index contributed by atoms with van der Waals surface area (Å²) in [4.78, 5) is 13.4. The third kappa shape index (κ3) is 6.37. The molecule has 2 aromatic carbocycles. The SMILES string of the molecule is CC(=O)C[C@@H](C)c1ccc(OC2CCN(c3ccc(OCC(F)(F)C(F)F)cc3)C2)cc1. The number of hydrogen-bond donors (Lipinski definition) is 0. The number of halogens is 4. The maximum absolute atomic E-state index is 13.0. The second-order valence-corrected chi connectivity index (χ2v) is 8.20.